The number of esters is 1. The Morgan fingerprint density at radius 2 is 1.30 bits per heavy atom. The zero-order valence-electron chi connectivity index (χ0n) is 12.4. The molecule has 0 aromatic heterocycles. The quantitative estimate of drug-likeness (QED) is 0.296. The fraction of sp³-hybridized carbons (Fsp3) is 0.750. The minimum atomic E-state index is -0.691. The Balaban J connectivity index is 3.04. The predicted octanol–water partition coefficient (Wildman–Crippen LogP) is 4.09. The maximum absolute atomic E-state index is 10.8. The van der Waals surface area contributed by atoms with Gasteiger partial charge in [0.1, 0.15) is 0 Å². The van der Waals surface area contributed by atoms with Gasteiger partial charge in [0.25, 0.3) is 0 Å². The van der Waals surface area contributed by atoms with E-state index in [1.807, 2.05) is 0 Å². The molecule has 0 spiro atoms. The van der Waals surface area contributed by atoms with Crippen molar-refractivity contribution in [1.29, 1.82) is 0 Å². The summed E-state index contributed by atoms with van der Waals surface area (Å²) in [5.74, 6) is -1.03. The van der Waals surface area contributed by atoms with Gasteiger partial charge in [-0.05, 0) is 12.8 Å². The lowest BCUT2D eigenvalue weighted by atomic mass is 10.1. The molecule has 0 atom stereocenters. The summed E-state index contributed by atoms with van der Waals surface area (Å²) in [6, 6.07) is 0. The zero-order valence-corrected chi connectivity index (χ0v) is 12.4. The van der Waals surface area contributed by atoms with Gasteiger partial charge < -0.3 is 9.84 Å². The summed E-state index contributed by atoms with van der Waals surface area (Å²) in [5, 5.41) is 8.49. The maximum Gasteiger partial charge on any atom is 0.330 e. The molecule has 0 unspecified atom stereocenters. The molecular formula is C16H28O4. The first kappa shape index (κ1) is 18.7. The first-order chi connectivity index (χ1) is 9.66. The Hall–Kier alpha value is -1.32. The van der Waals surface area contributed by atoms with Crippen LogP contribution in [0.25, 0.3) is 0 Å². The second-order valence-electron chi connectivity index (χ2n) is 5.05. The van der Waals surface area contributed by atoms with Gasteiger partial charge in [-0.3, -0.25) is 4.79 Å². The standard InChI is InChI=1S/C16H28O4/c1-2-16(19)20-14-12-10-8-6-4-3-5-7-9-11-13-15(17)18/h2H,1,3-14H2,(H,17,18). The van der Waals surface area contributed by atoms with E-state index in [2.05, 4.69) is 6.58 Å². The van der Waals surface area contributed by atoms with Crippen molar-refractivity contribution >= 4 is 11.9 Å². The van der Waals surface area contributed by atoms with E-state index in [1.54, 1.807) is 0 Å². The van der Waals surface area contributed by atoms with E-state index in [0.29, 0.717) is 13.0 Å². The van der Waals surface area contributed by atoms with Crippen LogP contribution < -0.4 is 0 Å². The third kappa shape index (κ3) is 14.7. The lowest BCUT2D eigenvalue weighted by molar-refractivity contribution is -0.138. The number of hydrogen-bond acceptors (Lipinski definition) is 3. The van der Waals surface area contributed by atoms with E-state index in [9.17, 15) is 9.59 Å². The Kier molecular flexibility index (Phi) is 13.2. The average molecular weight is 284 g/mol. The molecule has 0 rings (SSSR count). The molecule has 0 aromatic rings. The molecule has 0 radical (unpaired) electrons. The van der Waals surface area contributed by atoms with Gasteiger partial charge >= 0.3 is 11.9 Å². The van der Waals surface area contributed by atoms with E-state index in [1.165, 1.54) is 38.2 Å². The molecule has 0 bridgehead atoms. The Bertz CT molecular complexity index is 274. The number of carboxylic acids is 1. The molecule has 0 aliphatic rings. The van der Waals surface area contributed by atoms with Crippen LogP contribution in [0.2, 0.25) is 0 Å². The molecular weight excluding hydrogens is 256 g/mol. The SMILES string of the molecule is C=CC(=O)OCCCCCCCCCCCCC(=O)O. The number of carbonyl (C=O) groups excluding carboxylic acids is 1. The van der Waals surface area contributed by atoms with Crippen molar-refractivity contribution in [3.05, 3.63) is 12.7 Å². The van der Waals surface area contributed by atoms with Crippen molar-refractivity contribution in [2.45, 2.75) is 70.6 Å². The summed E-state index contributed by atoms with van der Waals surface area (Å²) < 4.78 is 4.89. The minimum absolute atomic E-state index is 0.302. The van der Waals surface area contributed by atoms with Gasteiger partial charge in [-0.15, -0.1) is 0 Å². The summed E-state index contributed by atoms with van der Waals surface area (Å²) in [5.41, 5.74) is 0. The van der Waals surface area contributed by atoms with Gasteiger partial charge in [0.05, 0.1) is 6.61 Å². The highest BCUT2D eigenvalue weighted by molar-refractivity contribution is 5.81. The monoisotopic (exact) mass is 284 g/mol. The minimum Gasteiger partial charge on any atom is -0.481 e. The molecule has 0 heterocycles. The lowest BCUT2D eigenvalue weighted by Gasteiger charge is -2.03. The van der Waals surface area contributed by atoms with Crippen molar-refractivity contribution in [3.8, 4) is 0 Å². The van der Waals surface area contributed by atoms with Crippen LogP contribution in [0.5, 0.6) is 0 Å². The van der Waals surface area contributed by atoms with Gasteiger partial charge in [0, 0.05) is 12.5 Å². The average Bonchev–Trinajstić information content (AvgIpc) is 2.43. The van der Waals surface area contributed by atoms with E-state index in [4.69, 9.17) is 9.84 Å². The maximum atomic E-state index is 10.8. The highest BCUT2D eigenvalue weighted by Crippen LogP contribution is 2.11. The second kappa shape index (κ2) is 14.1. The number of unbranched alkanes of at least 4 members (excludes halogenated alkanes) is 9. The smallest absolute Gasteiger partial charge is 0.330 e. The van der Waals surface area contributed by atoms with Crippen LogP contribution in [0.4, 0.5) is 0 Å². The number of carbonyl (C=O) groups is 2. The van der Waals surface area contributed by atoms with Gasteiger partial charge in [0.2, 0.25) is 0 Å². The molecule has 4 nitrogen and oxygen atoms in total. The van der Waals surface area contributed by atoms with Crippen molar-refractivity contribution in [2.75, 3.05) is 6.61 Å². The Morgan fingerprint density at radius 3 is 1.75 bits per heavy atom. The van der Waals surface area contributed by atoms with Crippen molar-refractivity contribution in [2.24, 2.45) is 0 Å². The predicted molar refractivity (Wildman–Crippen MR) is 79.6 cm³/mol. The van der Waals surface area contributed by atoms with Crippen LogP contribution in [0.15, 0.2) is 12.7 Å². The van der Waals surface area contributed by atoms with Gasteiger partial charge in [0.15, 0.2) is 0 Å². The third-order valence-corrected chi connectivity index (χ3v) is 3.20. The normalized spacial score (nSPS) is 10.2. The molecule has 116 valence electrons. The third-order valence-electron chi connectivity index (χ3n) is 3.20. The molecule has 0 saturated heterocycles. The molecule has 20 heavy (non-hydrogen) atoms. The van der Waals surface area contributed by atoms with E-state index in [0.717, 1.165) is 32.1 Å². The summed E-state index contributed by atoms with van der Waals surface area (Å²) in [7, 11) is 0. The van der Waals surface area contributed by atoms with Crippen LogP contribution in [0.1, 0.15) is 70.6 Å². The molecule has 1 N–H and O–H groups in total. The second-order valence-corrected chi connectivity index (χ2v) is 5.05. The van der Waals surface area contributed by atoms with Gasteiger partial charge in [-0.1, -0.05) is 57.9 Å². The summed E-state index contributed by atoms with van der Waals surface area (Å²) in [6.45, 7) is 3.84. The fourth-order valence-corrected chi connectivity index (χ4v) is 2.02. The van der Waals surface area contributed by atoms with Crippen molar-refractivity contribution in [3.63, 3.8) is 0 Å². The first-order valence-electron chi connectivity index (χ1n) is 7.68. The molecule has 0 aliphatic carbocycles. The van der Waals surface area contributed by atoms with Crippen LogP contribution in [0, 0.1) is 0 Å². The highest BCUT2D eigenvalue weighted by Gasteiger charge is 1.97. The first-order valence-corrected chi connectivity index (χ1v) is 7.68. The molecule has 0 amide bonds. The van der Waals surface area contributed by atoms with Crippen LogP contribution in [-0.2, 0) is 14.3 Å². The van der Waals surface area contributed by atoms with Crippen LogP contribution in [-0.4, -0.2) is 23.7 Å². The highest BCUT2D eigenvalue weighted by atomic mass is 16.5. The lowest BCUT2D eigenvalue weighted by Crippen LogP contribution is -2.01. The fourth-order valence-electron chi connectivity index (χ4n) is 2.02. The number of rotatable bonds is 14. The van der Waals surface area contributed by atoms with Crippen LogP contribution in [0.3, 0.4) is 0 Å². The van der Waals surface area contributed by atoms with Gasteiger partial charge in [-0.2, -0.15) is 0 Å². The van der Waals surface area contributed by atoms with Crippen molar-refractivity contribution in [1.82, 2.24) is 0 Å². The summed E-state index contributed by atoms with van der Waals surface area (Å²) in [6.07, 6.45) is 12.6. The van der Waals surface area contributed by atoms with E-state index >= 15 is 0 Å². The Morgan fingerprint density at radius 1 is 0.850 bits per heavy atom. The van der Waals surface area contributed by atoms with Gasteiger partial charge in [-0.25, -0.2) is 4.79 Å². The van der Waals surface area contributed by atoms with E-state index in [-0.39, 0.29) is 5.97 Å². The number of hydrogen-bond donors (Lipinski definition) is 1. The molecule has 4 heteroatoms. The van der Waals surface area contributed by atoms with Crippen molar-refractivity contribution < 1.29 is 19.4 Å². The van der Waals surface area contributed by atoms with E-state index < -0.39 is 5.97 Å². The molecule has 0 fully saturated rings. The summed E-state index contributed by atoms with van der Waals surface area (Å²) >= 11 is 0. The topological polar surface area (TPSA) is 63.6 Å². The number of aliphatic carboxylic acids is 1. The number of carboxylic acid groups (broad SMARTS) is 1. The largest absolute Gasteiger partial charge is 0.481 e. The molecule has 0 aromatic carbocycles. The Labute approximate surface area is 122 Å². The molecule has 0 aliphatic heterocycles. The summed E-state index contributed by atoms with van der Waals surface area (Å²) in [4.78, 5) is 21.1. The zero-order chi connectivity index (χ0) is 15.1. The van der Waals surface area contributed by atoms with Crippen LogP contribution >= 0.6 is 0 Å². The number of ether oxygens (including phenoxy) is 1. The molecule has 0 saturated carbocycles.